The molecular weight excluding hydrogens is 250 g/mol. The zero-order chi connectivity index (χ0) is 14.0. The molecule has 1 nitrogen and oxygen atoms in total. The van der Waals surface area contributed by atoms with Crippen LogP contribution in [-0.2, 0) is 0 Å². The first-order valence-corrected chi connectivity index (χ1v) is 9.35. The summed E-state index contributed by atoms with van der Waals surface area (Å²) in [5.41, 5.74) is 4.94. The van der Waals surface area contributed by atoms with Crippen LogP contribution >= 0.6 is 10.0 Å². The van der Waals surface area contributed by atoms with Crippen molar-refractivity contribution in [3.63, 3.8) is 0 Å². The van der Waals surface area contributed by atoms with Gasteiger partial charge >= 0.3 is 0 Å². The number of aryl methyl sites for hydroxylation is 2. The lowest BCUT2D eigenvalue weighted by Gasteiger charge is -2.26. The molecule has 0 fully saturated rings. The summed E-state index contributed by atoms with van der Waals surface area (Å²) in [4.78, 5) is 1.44. The second-order valence-electron chi connectivity index (χ2n) is 5.75. The summed E-state index contributed by atoms with van der Waals surface area (Å²) in [6, 6.07) is 15.2. The lowest BCUT2D eigenvalue weighted by molar-refractivity contribution is 1.35. The van der Waals surface area contributed by atoms with Crippen molar-refractivity contribution in [2.75, 3.05) is 24.1 Å². The third-order valence-electron chi connectivity index (χ3n) is 3.31. The third kappa shape index (κ3) is 3.32. The molecule has 0 saturated heterocycles. The highest BCUT2D eigenvalue weighted by molar-refractivity contribution is 8.32. The Hall–Kier alpha value is -1.41. The van der Waals surface area contributed by atoms with Crippen molar-refractivity contribution in [1.82, 2.24) is 0 Å². The molecule has 0 bridgehead atoms. The van der Waals surface area contributed by atoms with E-state index in [0.29, 0.717) is 0 Å². The molecule has 102 valence electrons. The molecule has 0 unspecified atom stereocenters. The number of anilines is 2. The highest BCUT2D eigenvalue weighted by Gasteiger charge is 2.08. The van der Waals surface area contributed by atoms with Gasteiger partial charge in [0.25, 0.3) is 0 Å². The number of nitrogens with one attached hydrogen (secondary N) is 1. The smallest absolute Gasteiger partial charge is 0.0443 e. The zero-order valence-electron chi connectivity index (χ0n) is 12.4. The Labute approximate surface area is 118 Å². The summed E-state index contributed by atoms with van der Waals surface area (Å²) in [6.45, 7) is 4.28. The molecular formula is C17H23NS. The summed E-state index contributed by atoms with van der Waals surface area (Å²) in [6.07, 6.45) is 6.96. The minimum absolute atomic E-state index is 0.637. The Balaban J connectivity index is 2.25. The Kier molecular flexibility index (Phi) is 3.91. The van der Waals surface area contributed by atoms with Gasteiger partial charge in [-0.15, -0.1) is 0 Å². The fraction of sp³-hybridized carbons (Fsp3) is 0.294. The van der Waals surface area contributed by atoms with Gasteiger partial charge in [0, 0.05) is 11.4 Å². The van der Waals surface area contributed by atoms with Crippen LogP contribution in [0.2, 0.25) is 0 Å². The predicted octanol–water partition coefficient (Wildman–Crippen LogP) is 5.10. The van der Waals surface area contributed by atoms with Gasteiger partial charge < -0.3 is 5.32 Å². The molecule has 0 radical (unpaired) electrons. The van der Waals surface area contributed by atoms with Crippen molar-refractivity contribution in [2.45, 2.75) is 18.7 Å². The van der Waals surface area contributed by atoms with Crippen molar-refractivity contribution in [3.05, 3.63) is 53.6 Å². The van der Waals surface area contributed by atoms with Crippen LogP contribution in [0, 0.1) is 13.8 Å². The van der Waals surface area contributed by atoms with Gasteiger partial charge in [0.1, 0.15) is 0 Å². The van der Waals surface area contributed by atoms with Crippen LogP contribution in [0.15, 0.2) is 47.4 Å². The van der Waals surface area contributed by atoms with Crippen molar-refractivity contribution in [1.29, 1.82) is 0 Å². The first kappa shape index (κ1) is 14.0. The molecule has 0 heterocycles. The van der Waals surface area contributed by atoms with E-state index in [0.717, 1.165) is 5.69 Å². The summed E-state index contributed by atoms with van der Waals surface area (Å²) >= 11 is 0. The van der Waals surface area contributed by atoms with Gasteiger partial charge in [-0.1, -0.05) is 18.2 Å². The van der Waals surface area contributed by atoms with Crippen LogP contribution in [0.1, 0.15) is 11.1 Å². The van der Waals surface area contributed by atoms with E-state index in [2.05, 4.69) is 80.4 Å². The van der Waals surface area contributed by atoms with Gasteiger partial charge in [-0.05, 0) is 72.9 Å². The van der Waals surface area contributed by atoms with E-state index >= 15 is 0 Å². The average molecular weight is 273 g/mol. The normalized spacial score (nSPS) is 12.3. The molecule has 0 spiro atoms. The van der Waals surface area contributed by atoms with Gasteiger partial charge in [0.05, 0.1) is 0 Å². The molecule has 0 saturated carbocycles. The van der Waals surface area contributed by atoms with Gasteiger partial charge in [-0.25, -0.2) is 10.0 Å². The summed E-state index contributed by atoms with van der Waals surface area (Å²) in [5, 5.41) is 3.53. The number of benzene rings is 2. The fourth-order valence-electron chi connectivity index (χ4n) is 2.10. The first-order chi connectivity index (χ1) is 8.88. The topological polar surface area (TPSA) is 12.0 Å². The van der Waals surface area contributed by atoms with E-state index in [1.165, 1.54) is 21.7 Å². The van der Waals surface area contributed by atoms with Gasteiger partial charge in [-0.3, -0.25) is 0 Å². The van der Waals surface area contributed by atoms with E-state index in [1.54, 1.807) is 0 Å². The lowest BCUT2D eigenvalue weighted by Crippen LogP contribution is -1.97. The van der Waals surface area contributed by atoms with E-state index < -0.39 is 10.0 Å². The molecule has 0 aliphatic carbocycles. The molecule has 0 aliphatic rings. The number of hydrogen-bond acceptors (Lipinski definition) is 1. The Bertz CT molecular complexity index is 545. The monoisotopic (exact) mass is 273 g/mol. The molecule has 2 aromatic rings. The molecule has 2 aromatic carbocycles. The number of rotatable bonds is 3. The van der Waals surface area contributed by atoms with Crippen molar-refractivity contribution >= 4 is 21.4 Å². The molecule has 0 aliphatic heterocycles. The molecule has 2 rings (SSSR count). The molecule has 2 heteroatoms. The van der Waals surface area contributed by atoms with Crippen LogP contribution in [0.4, 0.5) is 11.4 Å². The second kappa shape index (κ2) is 5.30. The second-order valence-corrected chi connectivity index (χ2v) is 9.90. The van der Waals surface area contributed by atoms with Gasteiger partial charge in [-0.2, -0.15) is 0 Å². The Morgan fingerprint density at radius 2 is 1.32 bits per heavy atom. The SMILES string of the molecule is Cc1cccc(C)c1Nc1ccc(S(C)(C)C)cc1. The molecule has 0 amide bonds. The summed E-state index contributed by atoms with van der Waals surface area (Å²) < 4.78 is 0. The number of para-hydroxylation sites is 1. The standard InChI is InChI=1S/C17H23NS/c1-13-7-6-8-14(2)17(13)18-15-9-11-16(12-10-15)19(3,4)5/h6-12,18H,1-5H3. The Morgan fingerprint density at radius 1 is 0.789 bits per heavy atom. The lowest BCUT2D eigenvalue weighted by atomic mass is 10.1. The fourth-order valence-corrected chi connectivity index (χ4v) is 3.06. The largest absolute Gasteiger partial charge is 0.355 e. The van der Waals surface area contributed by atoms with E-state index in [4.69, 9.17) is 0 Å². The van der Waals surface area contributed by atoms with Crippen LogP contribution in [-0.4, -0.2) is 18.8 Å². The molecule has 0 atom stereocenters. The van der Waals surface area contributed by atoms with Gasteiger partial charge in [0.15, 0.2) is 0 Å². The van der Waals surface area contributed by atoms with Crippen LogP contribution in [0.5, 0.6) is 0 Å². The summed E-state index contributed by atoms with van der Waals surface area (Å²) in [5.74, 6) is 0. The van der Waals surface area contributed by atoms with Gasteiger partial charge in [0.2, 0.25) is 0 Å². The minimum atomic E-state index is -0.637. The van der Waals surface area contributed by atoms with Crippen LogP contribution in [0.25, 0.3) is 0 Å². The van der Waals surface area contributed by atoms with E-state index in [9.17, 15) is 0 Å². The highest BCUT2D eigenvalue weighted by Crippen LogP contribution is 2.45. The maximum Gasteiger partial charge on any atom is 0.0443 e. The number of hydrogen-bond donors (Lipinski definition) is 1. The van der Waals surface area contributed by atoms with E-state index in [1.807, 2.05) is 0 Å². The van der Waals surface area contributed by atoms with E-state index in [-0.39, 0.29) is 0 Å². The van der Waals surface area contributed by atoms with Crippen molar-refractivity contribution in [2.24, 2.45) is 0 Å². The van der Waals surface area contributed by atoms with Crippen LogP contribution in [0.3, 0.4) is 0 Å². The minimum Gasteiger partial charge on any atom is -0.355 e. The zero-order valence-corrected chi connectivity index (χ0v) is 13.3. The van der Waals surface area contributed by atoms with Crippen LogP contribution < -0.4 is 5.32 Å². The average Bonchev–Trinajstić information content (AvgIpc) is 2.33. The highest BCUT2D eigenvalue weighted by atomic mass is 32.3. The molecule has 19 heavy (non-hydrogen) atoms. The Morgan fingerprint density at radius 3 is 1.79 bits per heavy atom. The first-order valence-electron chi connectivity index (χ1n) is 6.49. The molecule has 0 aromatic heterocycles. The maximum atomic E-state index is 3.53. The third-order valence-corrected chi connectivity index (χ3v) is 5.00. The summed E-state index contributed by atoms with van der Waals surface area (Å²) in [7, 11) is -0.637. The maximum absolute atomic E-state index is 3.53. The molecule has 1 N–H and O–H groups in total. The van der Waals surface area contributed by atoms with Crippen molar-refractivity contribution < 1.29 is 0 Å². The predicted molar refractivity (Wildman–Crippen MR) is 89.3 cm³/mol. The quantitative estimate of drug-likeness (QED) is 0.820. The van der Waals surface area contributed by atoms with Crippen molar-refractivity contribution in [3.8, 4) is 0 Å².